The van der Waals surface area contributed by atoms with Gasteiger partial charge in [0.25, 0.3) is 0 Å². The minimum absolute atomic E-state index is 0.00822. The highest BCUT2D eigenvalue weighted by Crippen LogP contribution is 2.46. The molecule has 1 aliphatic heterocycles. The fraction of sp³-hybridized carbons (Fsp3) is 0.452. The van der Waals surface area contributed by atoms with Crippen LogP contribution in [-0.4, -0.2) is 64.4 Å². The summed E-state index contributed by atoms with van der Waals surface area (Å²) in [6.45, 7) is 0.592. The van der Waals surface area contributed by atoms with Gasteiger partial charge in [-0.05, 0) is 108 Å². The highest BCUT2D eigenvalue weighted by molar-refractivity contribution is 8.76. The lowest BCUT2D eigenvalue weighted by Crippen LogP contribution is -2.38. The first-order chi connectivity index (χ1) is 25.7. The molecule has 284 valence electrons. The number of ketones is 1. The topological polar surface area (TPSA) is 141 Å². The molecule has 4 aromatic rings. The number of phenolic OH excluding ortho intramolecular Hbond substituents is 3. The first-order valence-electron chi connectivity index (χ1n) is 18.7. The van der Waals surface area contributed by atoms with E-state index in [-0.39, 0.29) is 41.9 Å². The minimum Gasteiger partial charge on any atom is -0.508 e. The number of Topliss-reactive ketones (excluding diaryl/α,β-unsaturated/α-hetero) is 1. The van der Waals surface area contributed by atoms with Crippen LogP contribution in [0.3, 0.4) is 0 Å². The Bertz CT molecular complexity index is 1870. The van der Waals surface area contributed by atoms with Gasteiger partial charge in [0.1, 0.15) is 23.5 Å². The number of hydrogen-bond donors (Lipinski definition) is 6. The van der Waals surface area contributed by atoms with Gasteiger partial charge in [-0.15, -0.1) is 0 Å². The highest BCUT2D eigenvalue weighted by atomic mass is 33.1. The van der Waals surface area contributed by atoms with Crippen LogP contribution in [0.5, 0.6) is 23.0 Å². The Kier molecular flexibility index (Phi) is 13.9. The van der Waals surface area contributed by atoms with Crippen LogP contribution in [0.1, 0.15) is 86.3 Å². The largest absolute Gasteiger partial charge is 0.508 e. The fourth-order valence-electron chi connectivity index (χ4n) is 7.67. The van der Waals surface area contributed by atoms with Gasteiger partial charge in [0.15, 0.2) is 11.5 Å². The summed E-state index contributed by atoms with van der Waals surface area (Å²) in [5.74, 6) is 1.77. The molecular weight excluding hydrogens is 709 g/mol. The number of aliphatic hydroxyl groups is 1. The molecule has 1 heterocycles. The third-order valence-corrected chi connectivity index (χ3v) is 12.7. The summed E-state index contributed by atoms with van der Waals surface area (Å²) in [7, 11) is 6.62. The molecule has 9 nitrogen and oxygen atoms in total. The van der Waals surface area contributed by atoms with Crippen LogP contribution in [0.2, 0.25) is 0 Å². The first kappa shape index (κ1) is 39.2. The van der Waals surface area contributed by atoms with E-state index in [4.69, 9.17) is 9.47 Å². The van der Waals surface area contributed by atoms with Gasteiger partial charge >= 0.3 is 0 Å². The second-order valence-corrected chi connectivity index (χ2v) is 16.8. The summed E-state index contributed by atoms with van der Waals surface area (Å²) in [6.07, 6.45) is 5.78. The molecule has 0 aromatic heterocycles. The molecule has 53 heavy (non-hydrogen) atoms. The molecule has 0 saturated heterocycles. The van der Waals surface area contributed by atoms with Crippen LogP contribution in [0, 0.1) is 0 Å². The number of methoxy groups -OCH3 is 1. The van der Waals surface area contributed by atoms with E-state index in [1.165, 1.54) is 13.5 Å². The van der Waals surface area contributed by atoms with Crippen LogP contribution in [0.4, 0.5) is 0 Å². The maximum absolute atomic E-state index is 13.9. The minimum atomic E-state index is -0.608. The molecule has 0 radical (unpaired) electrons. The van der Waals surface area contributed by atoms with Crippen molar-refractivity contribution in [2.45, 2.75) is 101 Å². The van der Waals surface area contributed by atoms with Gasteiger partial charge in [0.2, 0.25) is 0 Å². The smallest absolute Gasteiger partial charge is 0.168 e. The van der Waals surface area contributed by atoms with E-state index in [0.29, 0.717) is 43.1 Å². The zero-order valence-electron chi connectivity index (χ0n) is 30.6. The lowest BCUT2D eigenvalue weighted by molar-refractivity contribution is -0.124. The van der Waals surface area contributed by atoms with Crippen molar-refractivity contribution in [1.82, 2.24) is 10.6 Å². The van der Waals surface area contributed by atoms with Crippen LogP contribution in [0.15, 0.2) is 60.7 Å². The maximum Gasteiger partial charge on any atom is 0.168 e. The number of carbonyl (C=O) groups excluding carboxylic acids is 1. The van der Waals surface area contributed by atoms with E-state index in [1.54, 1.807) is 51.9 Å². The number of carbonyl (C=O) groups is 1. The average molecular weight is 761 g/mol. The highest BCUT2D eigenvalue weighted by Gasteiger charge is 2.27. The van der Waals surface area contributed by atoms with Crippen LogP contribution >= 0.6 is 21.6 Å². The number of benzene rings is 4. The van der Waals surface area contributed by atoms with Gasteiger partial charge in [-0.2, -0.15) is 0 Å². The Balaban J connectivity index is 1.32. The monoisotopic (exact) mass is 760 g/mol. The van der Waals surface area contributed by atoms with Crippen LogP contribution in [-0.2, 0) is 28.2 Å². The van der Waals surface area contributed by atoms with E-state index in [1.807, 2.05) is 37.4 Å². The molecule has 2 aliphatic rings. The number of fused-ring (bicyclic) bond motifs is 5. The molecule has 6 rings (SSSR count). The van der Waals surface area contributed by atoms with E-state index in [2.05, 4.69) is 10.6 Å². The summed E-state index contributed by atoms with van der Waals surface area (Å²) < 4.78 is 12.7. The molecule has 0 amide bonds. The number of ether oxygens (including phenoxy) is 2. The third-order valence-electron chi connectivity index (χ3n) is 10.3. The molecule has 0 spiro atoms. The first-order valence-corrected chi connectivity index (χ1v) is 21.2. The number of rotatable bonds is 8. The Morgan fingerprint density at radius 1 is 0.887 bits per heavy atom. The van der Waals surface area contributed by atoms with Crippen molar-refractivity contribution in [3.8, 4) is 34.1 Å². The second-order valence-electron chi connectivity index (χ2n) is 14.3. The maximum atomic E-state index is 13.9. The van der Waals surface area contributed by atoms with Crippen molar-refractivity contribution < 1.29 is 34.7 Å². The van der Waals surface area contributed by atoms with Crippen LogP contribution in [0.25, 0.3) is 21.9 Å². The van der Waals surface area contributed by atoms with Gasteiger partial charge in [0.05, 0.1) is 19.3 Å². The summed E-state index contributed by atoms with van der Waals surface area (Å²) >= 11 is 0. The van der Waals surface area contributed by atoms with E-state index >= 15 is 0 Å². The Morgan fingerprint density at radius 3 is 2.49 bits per heavy atom. The van der Waals surface area contributed by atoms with Gasteiger partial charge < -0.3 is 35.2 Å². The molecular formula is C42H52N2O7S2. The van der Waals surface area contributed by atoms with Crippen molar-refractivity contribution in [3.05, 3.63) is 82.9 Å². The van der Waals surface area contributed by atoms with Crippen LogP contribution < -0.4 is 15.4 Å². The number of hydrogen-bond acceptors (Lipinski definition) is 11. The number of nitrogens with one attached hydrogen (secondary N) is 2. The number of aryl methyl sites for hydroxylation is 1. The summed E-state index contributed by atoms with van der Waals surface area (Å²) in [6, 6.07) is 18.6. The zero-order chi connectivity index (χ0) is 37.3. The van der Waals surface area contributed by atoms with Gasteiger partial charge in [-0.25, -0.2) is 0 Å². The van der Waals surface area contributed by atoms with E-state index in [9.17, 15) is 25.2 Å². The summed E-state index contributed by atoms with van der Waals surface area (Å²) in [5, 5.41) is 52.0. The Labute approximate surface area is 320 Å². The zero-order valence-corrected chi connectivity index (χ0v) is 32.2. The van der Waals surface area contributed by atoms with Gasteiger partial charge in [-0.1, -0.05) is 71.2 Å². The van der Waals surface area contributed by atoms with Gasteiger partial charge in [0, 0.05) is 42.5 Å². The lowest BCUT2D eigenvalue weighted by Gasteiger charge is -2.32. The Morgan fingerprint density at radius 2 is 1.70 bits per heavy atom. The molecule has 1 aliphatic carbocycles. The number of aliphatic hydroxyl groups excluding tert-OH is 1. The van der Waals surface area contributed by atoms with E-state index < -0.39 is 18.4 Å². The lowest BCUT2D eigenvalue weighted by atomic mass is 9.89. The molecule has 1 fully saturated rings. The predicted octanol–water partition coefficient (Wildman–Crippen LogP) is 8.29. The SMILES string of the molecule is CNCc1cc(O)cc([C@@H](NC2CCCCC2)O[C@H]2CC[C@H](O)CSSCc3c(ccc4ccc(O)cc34)-c3c(ccc(O)c3OC)CCC(=O)C2)c1. The molecule has 0 unspecified atom stereocenters. The fourth-order valence-corrected chi connectivity index (χ4v) is 9.96. The van der Waals surface area contributed by atoms with Crippen molar-refractivity contribution >= 4 is 38.1 Å². The second kappa shape index (κ2) is 18.7. The number of phenols is 3. The molecule has 6 N–H and O–H groups in total. The predicted molar refractivity (Wildman–Crippen MR) is 215 cm³/mol. The quantitative estimate of drug-likeness (QED) is 0.0764. The molecule has 1 saturated carbocycles. The van der Waals surface area contributed by atoms with Crippen molar-refractivity contribution in [2.24, 2.45) is 0 Å². The van der Waals surface area contributed by atoms with Crippen molar-refractivity contribution in [3.63, 3.8) is 0 Å². The normalized spacial score (nSPS) is 20.1. The summed E-state index contributed by atoms with van der Waals surface area (Å²) in [4.78, 5) is 13.9. The van der Waals surface area contributed by atoms with E-state index in [0.717, 1.165) is 69.8 Å². The standard InChI is InChI=1S/C42H52N2O7S2/c1-43-23-26-18-29(20-34(48)19-26)42(44-30-6-4-3-5-7-30)51-35-15-14-33(47)24-52-53-25-38-36(16-10-27-8-12-32(46)22-37(27)38)40-28(9-13-31(45)21-35)11-17-39(49)41(40)50-2/h8,10-12,16-20,22,30,33,35,42-44,46-49H,3-7,9,13-15,21,23-25H2,1-2H3/t33-,35-,42-/m0/s1. The molecule has 0 bridgehead atoms. The number of aromatic hydroxyl groups is 3. The average Bonchev–Trinajstić information content (AvgIpc) is 3.14. The molecule has 4 aromatic carbocycles. The third kappa shape index (κ3) is 10.2. The Hall–Kier alpha value is -3.45. The summed E-state index contributed by atoms with van der Waals surface area (Å²) in [5.41, 5.74) is 5.19. The molecule has 3 atom stereocenters. The van der Waals surface area contributed by atoms with Crippen molar-refractivity contribution in [2.75, 3.05) is 19.9 Å². The van der Waals surface area contributed by atoms with Gasteiger partial charge in [-0.3, -0.25) is 10.1 Å². The molecule has 11 heteroatoms. The van der Waals surface area contributed by atoms with Crippen molar-refractivity contribution in [1.29, 1.82) is 0 Å².